The summed E-state index contributed by atoms with van der Waals surface area (Å²) in [5.41, 5.74) is 4.07. The second-order valence-corrected chi connectivity index (χ2v) is 6.79. The number of rotatable bonds is 6. The Morgan fingerprint density at radius 1 is 0.808 bits per heavy atom. The first kappa shape index (κ1) is 17.9. The van der Waals surface area contributed by atoms with E-state index in [2.05, 4.69) is 43.7 Å². The van der Waals surface area contributed by atoms with Crippen molar-refractivity contribution in [2.75, 3.05) is 20.6 Å². The van der Waals surface area contributed by atoms with Gasteiger partial charge in [-0.25, -0.2) is 0 Å². The van der Waals surface area contributed by atoms with Crippen LogP contribution in [0.1, 0.15) is 22.0 Å². The number of likely N-dealkylation sites (N-methyl/N-ethyl adjacent to an activating group) is 1. The average molecular weight is 345 g/mol. The van der Waals surface area contributed by atoms with Gasteiger partial charge in [-0.1, -0.05) is 72.8 Å². The second kappa shape index (κ2) is 8.45. The minimum Gasteiger partial charge on any atom is -0.340 e. The van der Waals surface area contributed by atoms with Crippen LogP contribution in [0.4, 0.5) is 0 Å². The number of hydrogen-bond acceptors (Lipinski definition) is 1. The van der Waals surface area contributed by atoms with Crippen LogP contribution in [0.15, 0.2) is 84.9 Å². The third kappa shape index (κ3) is 4.58. The zero-order valence-corrected chi connectivity index (χ0v) is 15.3. The lowest BCUT2D eigenvalue weighted by Gasteiger charge is -2.21. The fourth-order valence-electron chi connectivity index (χ4n) is 3.03. The molecule has 0 radical (unpaired) electrons. The van der Waals surface area contributed by atoms with Crippen molar-refractivity contribution < 1.29 is 9.69 Å². The topological polar surface area (TPSA) is 33.5 Å². The Balaban J connectivity index is 1.75. The molecule has 26 heavy (non-hydrogen) atoms. The molecule has 0 saturated heterocycles. The Hall–Kier alpha value is -2.91. The van der Waals surface area contributed by atoms with Crippen molar-refractivity contribution in [3.8, 4) is 11.1 Å². The molecule has 2 N–H and O–H groups in total. The smallest absolute Gasteiger partial charge is 0.251 e. The maximum atomic E-state index is 12.7. The SMILES string of the molecule is C[NH+](C)C[C@@H](NC(=O)c1ccc(-c2ccccc2)cc1)c1ccccc1. The molecule has 1 amide bonds. The van der Waals surface area contributed by atoms with Gasteiger partial charge < -0.3 is 10.2 Å². The van der Waals surface area contributed by atoms with Crippen LogP contribution in [0.25, 0.3) is 11.1 Å². The van der Waals surface area contributed by atoms with Crippen LogP contribution in [-0.2, 0) is 0 Å². The minimum atomic E-state index is -0.0419. The summed E-state index contributed by atoms with van der Waals surface area (Å²) in [7, 11) is 4.19. The summed E-state index contributed by atoms with van der Waals surface area (Å²) in [5, 5.41) is 3.18. The summed E-state index contributed by atoms with van der Waals surface area (Å²) in [6.45, 7) is 0.831. The summed E-state index contributed by atoms with van der Waals surface area (Å²) in [4.78, 5) is 14.0. The highest BCUT2D eigenvalue weighted by Crippen LogP contribution is 2.19. The van der Waals surface area contributed by atoms with Crippen LogP contribution < -0.4 is 10.2 Å². The Labute approximate surface area is 155 Å². The zero-order valence-electron chi connectivity index (χ0n) is 15.3. The Morgan fingerprint density at radius 3 is 1.92 bits per heavy atom. The maximum absolute atomic E-state index is 12.7. The molecule has 3 aromatic rings. The van der Waals surface area contributed by atoms with E-state index in [1.807, 2.05) is 60.7 Å². The number of nitrogens with one attached hydrogen (secondary N) is 2. The maximum Gasteiger partial charge on any atom is 0.251 e. The summed E-state index contributed by atoms with van der Waals surface area (Å²) in [6.07, 6.45) is 0. The van der Waals surface area contributed by atoms with E-state index in [1.54, 1.807) is 0 Å². The van der Waals surface area contributed by atoms with E-state index in [1.165, 1.54) is 4.90 Å². The van der Waals surface area contributed by atoms with Crippen LogP contribution in [-0.4, -0.2) is 26.5 Å². The lowest BCUT2D eigenvalue weighted by molar-refractivity contribution is -0.860. The van der Waals surface area contributed by atoms with Crippen molar-refractivity contribution in [1.29, 1.82) is 0 Å². The van der Waals surface area contributed by atoms with Crippen LogP contribution >= 0.6 is 0 Å². The fraction of sp³-hybridized carbons (Fsp3) is 0.174. The van der Waals surface area contributed by atoms with Gasteiger partial charge in [-0.3, -0.25) is 4.79 Å². The van der Waals surface area contributed by atoms with Crippen molar-refractivity contribution in [2.45, 2.75) is 6.04 Å². The highest BCUT2D eigenvalue weighted by Gasteiger charge is 2.18. The second-order valence-electron chi connectivity index (χ2n) is 6.79. The summed E-state index contributed by atoms with van der Waals surface area (Å²) in [6, 6.07) is 28.1. The first-order valence-electron chi connectivity index (χ1n) is 8.94. The van der Waals surface area contributed by atoms with Gasteiger partial charge in [0.1, 0.15) is 12.6 Å². The van der Waals surface area contributed by atoms with Crippen LogP contribution in [0, 0.1) is 0 Å². The molecule has 0 aliphatic carbocycles. The number of quaternary nitrogens is 1. The van der Waals surface area contributed by atoms with Crippen molar-refractivity contribution >= 4 is 5.91 Å². The molecule has 0 saturated carbocycles. The quantitative estimate of drug-likeness (QED) is 0.708. The molecule has 0 heterocycles. The minimum absolute atomic E-state index is 0.0116. The van der Waals surface area contributed by atoms with E-state index in [4.69, 9.17) is 0 Å². The third-order valence-corrected chi connectivity index (χ3v) is 4.37. The van der Waals surface area contributed by atoms with E-state index >= 15 is 0 Å². The van der Waals surface area contributed by atoms with E-state index in [0.29, 0.717) is 5.56 Å². The van der Waals surface area contributed by atoms with E-state index in [9.17, 15) is 4.79 Å². The predicted octanol–water partition coefficient (Wildman–Crippen LogP) is 2.97. The molecule has 0 fully saturated rings. The number of carbonyl (C=O) groups excluding carboxylic acids is 1. The average Bonchev–Trinajstić information content (AvgIpc) is 2.68. The van der Waals surface area contributed by atoms with Crippen molar-refractivity contribution in [3.63, 3.8) is 0 Å². The molecule has 0 aliphatic rings. The first-order valence-corrected chi connectivity index (χ1v) is 8.94. The molecular formula is C23H25N2O+. The predicted molar refractivity (Wildman–Crippen MR) is 106 cm³/mol. The molecular weight excluding hydrogens is 320 g/mol. The van der Waals surface area contributed by atoms with Gasteiger partial charge in [-0.05, 0) is 28.8 Å². The molecule has 3 aromatic carbocycles. The van der Waals surface area contributed by atoms with Crippen molar-refractivity contribution in [1.82, 2.24) is 5.32 Å². The van der Waals surface area contributed by atoms with Gasteiger partial charge in [-0.15, -0.1) is 0 Å². The van der Waals surface area contributed by atoms with Crippen molar-refractivity contribution in [2.24, 2.45) is 0 Å². The Morgan fingerprint density at radius 2 is 1.35 bits per heavy atom. The lowest BCUT2D eigenvalue weighted by Crippen LogP contribution is -3.06. The lowest BCUT2D eigenvalue weighted by atomic mass is 10.0. The molecule has 0 bridgehead atoms. The molecule has 0 unspecified atom stereocenters. The monoisotopic (exact) mass is 345 g/mol. The standard InChI is InChI=1S/C23H24N2O/c1-25(2)17-22(20-11-7-4-8-12-20)24-23(26)21-15-13-19(14-16-21)18-9-5-3-6-10-18/h3-16,22H,17H2,1-2H3,(H,24,26)/p+1/t22-/m1/s1. The Kier molecular flexibility index (Phi) is 5.82. The molecule has 132 valence electrons. The normalized spacial score (nSPS) is 12.0. The summed E-state index contributed by atoms with van der Waals surface area (Å²) in [5.74, 6) is -0.0419. The highest BCUT2D eigenvalue weighted by atomic mass is 16.1. The van der Waals surface area contributed by atoms with Gasteiger partial charge in [-0.2, -0.15) is 0 Å². The summed E-state index contributed by atoms with van der Waals surface area (Å²) < 4.78 is 0. The molecule has 0 aromatic heterocycles. The van der Waals surface area contributed by atoms with Crippen LogP contribution in [0.2, 0.25) is 0 Å². The molecule has 3 rings (SSSR count). The number of benzene rings is 3. The molecule has 3 heteroatoms. The van der Waals surface area contributed by atoms with Gasteiger partial charge in [0.2, 0.25) is 0 Å². The molecule has 1 atom stereocenters. The van der Waals surface area contributed by atoms with Crippen LogP contribution in [0.3, 0.4) is 0 Å². The van der Waals surface area contributed by atoms with E-state index < -0.39 is 0 Å². The fourth-order valence-corrected chi connectivity index (χ4v) is 3.03. The van der Waals surface area contributed by atoms with Gasteiger partial charge >= 0.3 is 0 Å². The van der Waals surface area contributed by atoms with E-state index in [0.717, 1.165) is 23.2 Å². The Bertz CT molecular complexity index is 827. The number of amides is 1. The largest absolute Gasteiger partial charge is 0.340 e. The first-order chi connectivity index (χ1) is 12.6. The zero-order chi connectivity index (χ0) is 18.4. The van der Waals surface area contributed by atoms with Gasteiger partial charge in [0.05, 0.1) is 14.1 Å². The van der Waals surface area contributed by atoms with E-state index in [-0.39, 0.29) is 11.9 Å². The molecule has 0 aliphatic heterocycles. The molecule has 3 nitrogen and oxygen atoms in total. The van der Waals surface area contributed by atoms with Crippen molar-refractivity contribution in [3.05, 3.63) is 96.1 Å². The van der Waals surface area contributed by atoms with Gasteiger partial charge in [0.25, 0.3) is 5.91 Å². The molecule has 0 spiro atoms. The van der Waals surface area contributed by atoms with Gasteiger partial charge in [0.15, 0.2) is 0 Å². The number of hydrogen-bond donors (Lipinski definition) is 2. The highest BCUT2D eigenvalue weighted by molar-refractivity contribution is 5.95. The summed E-state index contributed by atoms with van der Waals surface area (Å²) >= 11 is 0. The van der Waals surface area contributed by atoms with Gasteiger partial charge in [0, 0.05) is 5.56 Å². The van der Waals surface area contributed by atoms with Crippen LogP contribution in [0.5, 0.6) is 0 Å². The number of carbonyl (C=O) groups is 1. The third-order valence-electron chi connectivity index (χ3n) is 4.37.